The summed E-state index contributed by atoms with van der Waals surface area (Å²) < 4.78 is 0. The third kappa shape index (κ3) is 7.47. The van der Waals surface area contributed by atoms with Gasteiger partial charge in [0.2, 0.25) is 5.91 Å². The van der Waals surface area contributed by atoms with Crippen molar-refractivity contribution < 1.29 is 35.4 Å². The van der Waals surface area contributed by atoms with Crippen LogP contribution in [0.4, 0.5) is 0 Å². The van der Waals surface area contributed by atoms with Crippen molar-refractivity contribution in [1.82, 2.24) is 5.32 Å². The first-order valence-electron chi connectivity index (χ1n) is 13.3. The summed E-state index contributed by atoms with van der Waals surface area (Å²) in [6, 6.07) is 6.29. The van der Waals surface area contributed by atoms with Crippen LogP contribution in [-0.2, 0) is 17.6 Å². The van der Waals surface area contributed by atoms with Gasteiger partial charge < -0.3 is 36.0 Å². The van der Waals surface area contributed by atoms with Crippen LogP contribution in [0, 0.1) is 6.92 Å². The Balaban J connectivity index is 1.68. The molecule has 0 spiro atoms. The van der Waals surface area contributed by atoms with Gasteiger partial charge in [-0.15, -0.1) is 11.8 Å². The van der Waals surface area contributed by atoms with Crippen molar-refractivity contribution in [2.45, 2.75) is 100 Å². The Labute approximate surface area is 229 Å². The highest BCUT2D eigenvalue weighted by Gasteiger charge is 2.45. The summed E-state index contributed by atoms with van der Waals surface area (Å²) in [6.45, 7) is 7.15. The number of rotatable bonds is 10. The summed E-state index contributed by atoms with van der Waals surface area (Å²) in [5.74, 6) is -0.0736. The van der Waals surface area contributed by atoms with E-state index in [1.807, 2.05) is 13.0 Å². The summed E-state index contributed by atoms with van der Waals surface area (Å²) in [7, 11) is 0. The summed E-state index contributed by atoms with van der Waals surface area (Å²) in [6.07, 6.45) is 0.131. The van der Waals surface area contributed by atoms with Crippen molar-refractivity contribution in [3.05, 3.63) is 57.7 Å². The van der Waals surface area contributed by atoms with Crippen LogP contribution in [-0.4, -0.2) is 90.2 Å². The standard InChI is InChI=1S/C29H43NO7S/c1-16-10-18(6-5-7-24(34)30-29(3,4)15-32)8-9-19(16)12-20-13-21(22(33)11-17(20)2)28-27(37)26(36)25(35)23(14-31)38-28/h8-10,13,22-23,25-28,31-33,35-37H,5-7,11-12,14-15H2,1-4H3,(H,30,34)/t22?,23-,25-,26+,27-,28?/m1/s1. The molecule has 1 heterocycles. The molecule has 2 aliphatic rings. The molecule has 3 rings (SSSR count). The number of aliphatic hydroxyl groups excluding tert-OH is 6. The fourth-order valence-corrected chi connectivity index (χ4v) is 6.55. The Morgan fingerprint density at radius 2 is 1.79 bits per heavy atom. The van der Waals surface area contributed by atoms with E-state index in [-0.39, 0.29) is 19.1 Å². The van der Waals surface area contributed by atoms with E-state index in [2.05, 4.69) is 30.4 Å². The Morgan fingerprint density at radius 3 is 2.42 bits per heavy atom. The number of carbonyl (C=O) groups excluding carboxylic acids is 1. The normalized spacial score (nSPS) is 28.3. The molecular weight excluding hydrogens is 506 g/mol. The number of amides is 1. The number of aliphatic hydroxyl groups is 6. The third-order valence-corrected chi connectivity index (χ3v) is 9.15. The second kappa shape index (κ2) is 13.1. The zero-order valence-corrected chi connectivity index (χ0v) is 23.5. The number of aryl methyl sites for hydroxylation is 2. The van der Waals surface area contributed by atoms with Crippen molar-refractivity contribution in [2.75, 3.05) is 13.2 Å². The molecule has 1 aromatic rings. The van der Waals surface area contributed by atoms with Gasteiger partial charge in [0, 0.05) is 6.42 Å². The molecule has 1 amide bonds. The van der Waals surface area contributed by atoms with E-state index in [1.165, 1.54) is 11.8 Å². The highest BCUT2D eigenvalue weighted by Crippen LogP contribution is 2.41. The maximum Gasteiger partial charge on any atom is 0.220 e. The van der Waals surface area contributed by atoms with Gasteiger partial charge in [0.15, 0.2) is 0 Å². The summed E-state index contributed by atoms with van der Waals surface area (Å²) in [4.78, 5) is 12.1. The van der Waals surface area contributed by atoms with Crippen LogP contribution < -0.4 is 5.32 Å². The lowest BCUT2D eigenvalue weighted by atomic mass is 9.83. The number of allylic oxidation sites excluding steroid dienone is 2. The fourth-order valence-electron chi connectivity index (χ4n) is 5.06. The molecule has 212 valence electrons. The van der Waals surface area contributed by atoms with Crippen LogP contribution in [0.2, 0.25) is 0 Å². The number of carbonyl (C=O) groups is 1. The Kier molecular flexibility index (Phi) is 10.6. The first-order chi connectivity index (χ1) is 17.9. The Hall–Kier alpha value is -1.72. The molecule has 0 saturated carbocycles. The first kappa shape index (κ1) is 30.8. The van der Waals surface area contributed by atoms with E-state index in [0.29, 0.717) is 31.3 Å². The molecule has 0 radical (unpaired) electrons. The quantitative estimate of drug-likeness (QED) is 0.231. The van der Waals surface area contributed by atoms with Crippen LogP contribution in [0.5, 0.6) is 0 Å². The van der Waals surface area contributed by atoms with Crippen LogP contribution in [0.25, 0.3) is 0 Å². The van der Waals surface area contributed by atoms with E-state index in [0.717, 1.165) is 34.3 Å². The molecule has 9 heteroatoms. The molecule has 1 saturated heterocycles. The molecule has 0 bridgehead atoms. The molecular formula is C29H43NO7S. The third-order valence-electron chi connectivity index (χ3n) is 7.52. The number of nitrogens with one attached hydrogen (secondary N) is 1. The fraction of sp³-hybridized carbons (Fsp3) is 0.621. The highest BCUT2D eigenvalue weighted by atomic mass is 32.2. The van der Waals surface area contributed by atoms with Crippen molar-refractivity contribution in [3.8, 4) is 0 Å². The minimum Gasteiger partial charge on any atom is -0.395 e. The first-order valence-corrected chi connectivity index (χ1v) is 14.2. The summed E-state index contributed by atoms with van der Waals surface area (Å²) in [5.41, 5.74) is 5.48. The highest BCUT2D eigenvalue weighted by molar-refractivity contribution is 8.00. The van der Waals surface area contributed by atoms with Gasteiger partial charge in [0.1, 0.15) is 6.10 Å². The second-order valence-corrected chi connectivity index (χ2v) is 12.7. The van der Waals surface area contributed by atoms with Crippen LogP contribution in [0.1, 0.15) is 56.7 Å². The largest absolute Gasteiger partial charge is 0.395 e. The number of hydrogen-bond donors (Lipinski definition) is 7. The zero-order valence-electron chi connectivity index (χ0n) is 22.7. The van der Waals surface area contributed by atoms with Crippen molar-refractivity contribution >= 4 is 17.7 Å². The van der Waals surface area contributed by atoms with Crippen molar-refractivity contribution in [1.29, 1.82) is 0 Å². The van der Waals surface area contributed by atoms with E-state index in [4.69, 9.17) is 0 Å². The molecule has 1 fully saturated rings. The molecule has 1 aliphatic heterocycles. The molecule has 0 aromatic heterocycles. The monoisotopic (exact) mass is 549 g/mol. The SMILES string of the molecule is CC1=C(Cc2ccc(CCCC(=O)NC(C)(C)CO)cc2C)C=C(C2S[C@H](CO)[C@@H](O)[C@H](O)[C@H]2O)C(O)C1. The number of hydrogen-bond acceptors (Lipinski definition) is 8. The molecule has 2 unspecified atom stereocenters. The van der Waals surface area contributed by atoms with Crippen molar-refractivity contribution in [2.24, 2.45) is 0 Å². The lowest BCUT2D eigenvalue weighted by molar-refractivity contribution is -0.123. The van der Waals surface area contributed by atoms with Crippen LogP contribution in [0.3, 0.4) is 0 Å². The molecule has 38 heavy (non-hydrogen) atoms. The second-order valence-electron chi connectivity index (χ2n) is 11.3. The Bertz CT molecular complexity index is 1050. The lowest BCUT2D eigenvalue weighted by Crippen LogP contribution is -2.55. The van der Waals surface area contributed by atoms with Gasteiger partial charge in [-0.3, -0.25) is 4.79 Å². The smallest absolute Gasteiger partial charge is 0.220 e. The molecule has 8 nitrogen and oxygen atoms in total. The Morgan fingerprint density at radius 1 is 1.08 bits per heavy atom. The summed E-state index contributed by atoms with van der Waals surface area (Å²) in [5, 5.41) is 62.5. The van der Waals surface area contributed by atoms with Gasteiger partial charge in [-0.1, -0.05) is 29.8 Å². The van der Waals surface area contributed by atoms with Gasteiger partial charge in [-0.25, -0.2) is 0 Å². The van der Waals surface area contributed by atoms with Gasteiger partial charge in [-0.2, -0.15) is 0 Å². The molecule has 7 N–H and O–H groups in total. The molecule has 1 aromatic carbocycles. The lowest BCUT2D eigenvalue weighted by Gasteiger charge is -2.42. The topological polar surface area (TPSA) is 150 Å². The van der Waals surface area contributed by atoms with Crippen LogP contribution in [0.15, 0.2) is 41.0 Å². The van der Waals surface area contributed by atoms with Gasteiger partial charge in [0.25, 0.3) is 0 Å². The van der Waals surface area contributed by atoms with Gasteiger partial charge in [-0.05, 0) is 81.2 Å². The average Bonchev–Trinajstić information content (AvgIpc) is 2.86. The maximum absolute atomic E-state index is 12.1. The van der Waals surface area contributed by atoms with Gasteiger partial charge >= 0.3 is 0 Å². The predicted molar refractivity (Wildman–Crippen MR) is 149 cm³/mol. The van der Waals surface area contributed by atoms with Crippen LogP contribution >= 0.6 is 11.8 Å². The molecule has 1 aliphatic carbocycles. The minimum absolute atomic E-state index is 0.0736. The van der Waals surface area contributed by atoms with Gasteiger partial charge in [0.05, 0.1) is 47.6 Å². The minimum atomic E-state index is -1.40. The number of thioether (sulfide) groups is 1. The predicted octanol–water partition coefficient (Wildman–Crippen LogP) is 1.31. The van der Waals surface area contributed by atoms with E-state index in [9.17, 15) is 35.4 Å². The van der Waals surface area contributed by atoms with Crippen molar-refractivity contribution in [3.63, 3.8) is 0 Å². The van der Waals surface area contributed by atoms with E-state index >= 15 is 0 Å². The summed E-state index contributed by atoms with van der Waals surface area (Å²) >= 11 is 1.19. The zero-order chi connectivity index (χ0) is 28.2. The maximum atomic E-state index is 12.1. The van der Waals surface area contributed by atoms with E-state index < -0.39 is 40.5 Å². The van der Waals surface area contributed by atoms with E-state index in [1.54, 1.807) is 13.8 Å². The molecule has 6 atom stereocenters. The number of benzene rings is 1. The average molecular weight is 550 g/mol.